The minimum atomic E-state index is -1.39. The Morgan fingerprint density at radius 2 is 1.93 bits per heavy atom. The smallest absolute Gasteiger partial charge is 0.479 e. The van der Waals surface area contributed by atoms with Gasteiger partial charge in [-0.1, -0.05) is 33.8 Å². The summed E-state index contributed by atoms with van der Waals surface area (Å²) in [6, 6.07) is 2.99. The molecule has 2 bridgehead atoms. The maximum Gasteiger partial charge on any atom is 0.494 e. The molecular formula is C29H42BFO8S. The summed E-state index contributed by atoms with van der Waals surface area (Å²) in [5.41, 5.74) is -1.19. The van der Waals surface area contributed by atoms with E-state index in [9.17, 15) is 24.2 Å². The van der Waals surface area contributed by atoms with Crippen molar-refractivity contribution in [2.45, 2.75) is 84.7 Å². The predicted octanol–water partition coefficient (Wildman–Crippen LogP) is 2.31. The Bertz CT molecular complexity index is 1180. The molecule has 0 amide bonds. The van der Waals surface area contributed by atoms with Crippen LogP contribution in [0.1, 0.15) is 65.4 Å². The summed E-state index contributed by atoms with van der Waals surface area (Å²) in [5.74, 6) is -1.59. The second-order valence-electron chi connectivity index (χ2n) is 13.3. The van der Waals surface area contributed by atoms with E-state index < -0.39 is 65.5 Å². The normalized spacial score (nSPS) is 41.5. The van der Waals surface area contributed by atoms with Gasteiger partial charge in [-0.05, 0) is 66.9 Å². The summed E-state index contributed by atoms with van der Waals surface area (Å²) in [6.45, 7) is 7.76. The van der Waals surface area contributed by atoms with E-state index in [-0.39, 0.29) is 53.2 Å². The first kappa shape index (κ1) is 29.9. The fourth-order valence-electron chi connectivity index (χ4n) is 8.95. The number of halogens is 1. The summed E-state index contributed by atoms with van der Waals surface area (Å²) >= 11 is 0. The van der Waals surface area contributed by atoms with Gasteiger partial charge in [-0.2, -0.15) is 0 Å². The molecule has 3 N–H and O–H groups in total. The molecule has 3 saturated carbocycles. The Morgan fingerprint density at radius 3 is 2.62 bits per heavy atom. The maximum absolute atomic E-state index is 15.0. The molecule has 0 saturated heterocycles. The van der Waals surface area contributed by atoms with Crippen LogP contribution in [-0.2, 0) is 31.6 Å². The number of aliphatic hydroxyl groups is 2. The molecule has 0 spiro atoms. The first-order valence-corrected chi connectivity index (χ1v) is 16.1. The Balaban J connectivity index is 1.46. The van der Waals surface area contributed by atoms with Crippen LogP contribution < -0.4 is 10.2 Å². The van der Waals surface area contributed by atoms with Crippen LogP contribution in [0.4, 0.5) is 4.39 Å². The molecule has 40 heavy (non-hydrogen) atoms. The number of hydrogen-bond acceptors (Lipinski definition) is 8. The molecule has 222 valence electrons. The molecule has 3 aliphatic carbocycles. The largest absolute Gasteiger partial charge is 0.494 e. The van der Waals surface area contributed by atoms with Crippen LogP contribution >= 0.6 is 0 Å². The topological polar surface area (TPSA) is 123 Å². The van der Waals surface area contributed by atoms with Crippen LogP contribution in [0.2, 0.25) is 0 Å². The monoisotopic (exact) mass is 580 g/mol. The van der Waals surface area contributed by atoms with Crippen molar-refractivity contribution < 1.29 is 42.8 Å². The number of fused-ring (bicyclic) bond motifs is 1. The van der Waals surface area contributed by atoms with Crippen molar-refractivity contribution in [3.63, 3.8) is 0 Å². The van der Waals surface area contributed by atoms with Gasteiger partial charge >= 0.3 is 13.1 Å². The number of carbonyl (C=O) groups is 1. The van der Waals surface area contributed by atoms with Crippen molar-refractivity contribution in [3.8, 4) is 5.75 Å². The Kier molecular flexibility index (Phi) is 7.96. The van der Waals surface area contributed by atoms with Gasteiger partial charge in [0.05, 0.1) is 18.8 Å². The molecular weight excluding hydrogens is 538 g/mol. The molecule has 1 aromatic rings. The SMILES string of the molecule is C[C@@H]1CC[C@@]23CCC(O)[C@H]2[C@]1(C)[C@H](OC(=O)COc1ccc2c(c1F)B(O)OC2)C[C@@](C)(CS(C)=O)[C@@H](O)[C@@H]3C. The summed E-state index contributed by atoms with van der Waals surface area (Å²) in [6.07, 6.45) is 2.97. The van der Waals surface area contributed by atoms with E-state index in [4.69, 9.17) is 14.1 Å². The zero-order valence-corrected chi connectivity index (χ0v) is 24.8. The third-order valence-corrected chi connectivity index (χ3v) is 12.2. The molecule has 11 heteroatoms. The minimum absolute atomic E-state index is 0.00688. The lowest BCUT2D eigenvalue weighted by atomic mass is 9.44. The van der Waals surface area contributed by atoms with Crippen molar-refractivity contribution in [1.29, 1.82) is 0 Å². The first-order chi connectivity index (χ1) is 18.7. The van der Waals surface area contributed by atoms with E-state index >= 15 is 4.39 Å². The molecule has 2 unspecified atom stereocenters. The third-order valence-electron chi connectivity index (χ3n) is 11.2. The summed E-state index contributed by atoms with van der Waals surface area (Å²) in [5, 5.41) is 33.1. The van der Waals surface area contributed by atoms with E-state index in [0.717, 1.165) is 19.3 Å². The highest BCUT2D eigenvalue weighted by Crippen LogP contribution is 2.68. The van der Waals surface area contributed by atoms with Gasteiger partial charge in [-0.25, -0.2) is 9.18 Å². The molecule has 1 heterocycles. The average molecular weight is 581 g/mol. The van der Waals surface area contributed by atoms with E-state index in [0.29, 0.717) is 12.0 Å². The van der Waals surface area contributed by atoms with Crippen LogP contribution in [0.15, 0.2) is 12.1 Å². The molecule has 0 aromatic heterocycles. The number of benzene rings is 1. The van der Waals surface area contributed by atoms with Crippen molar-refractivity contribution in [2.75, 3.05) is 18.6 Å². The molecule has 4 aliphatic rings. The quantitative estimate of drug-likeness (QED) is 0.346. The van der Waals surface area contributed by atoms with Crippen molar-refractivity contribution in [2.24, 2.45) is 34.0 Å². The number of carbonyl (C=O) groups excluding carboxylic acids is 1. The second-order valence-corrected chi connectivity index (χ2v) is 14.7. The van der Waals surface area contributed by atoms with Gasteiger partial charge in [0.1, 0.15) is 6.10 Å². The Morgan fingerprint density at radius 1 is 1.23 bits per heavy atom. The Labute approximate surface area is 238 Å². The number of esters is 1. The number of aliphatic hydroxyl groups excluding tert-OH is 2. The Hall–Kier alpha value is -1.53. The minimum Gasteiger partial charge on any atom is -0.479 e. The highest BCUT2D eigenvalue weighted by Gasteiger charge is 2.68. The zero-order valence-electron chi connectivity index (χ0n) is 24.0. The van der Waals surface area contributed by atoms with Crippen LogP contribution in [-0.4, -0.2) is 69.5 Å². The number of ether oxygens (including phenoxy) is 2. The molecule has 1 aliphatic heterocycles. The van der Waals surface area contributed by atoms with E-state index in [1.54, 1.807) is 12.3 Å². The lowest BCUT2D eigenvalue weighted by molar-refractivity contribution is -0.222. The van der Waals surface area contributed by atoms with E-state index in [1.807, 2.05) is 6.92 Å². The molecule has 10 atom stereocenters. The second kappa shape index (κ2) is 10.6. The average Bonchev–Trinajstić information content (AvgIpc) is 3.44. The third kappa shape index (κ3) is 4.64. The zero-order chi connectivity index (χ0) is 29.2. The summed E-state index contributed by atoms with van der Waals surface area (Å²) in [4.78, 5) is 13.3. The maximum atomic E-state index is 15.0. The standard InChI is InChI=1S/C29H42BFO8S/c1-16-8-10-29-11-9-19(32)25(29)28(16,4)21(12-27(3,15-40(5)36)26(34)17(29)2)39-22(33)14-37-20-7-6-18-13-38-30(35)23(18)24(20)31/h6-7,16-17,19,21,25-26,32,34-35H,8-15H2,1-5H3/t16-,17+,19?,21-,25+,26+,27+,28+,29+,40?/m1/s1. The van der Waals surface area contributed by atoms with Crippen molar-refractivity contribution in [1.82, 2.24) is 0 Å². The van der Waals surface area contributed by atoms with Gasteiger partial charge in [-0.15, -0.1) is 0 Å². The van der Waals surface area contributed by atoms with Crippen LogP contribution in [0.3, 0.4) is 0 Å². The lowest BCUT2D eigenvalue weighted by Crippen LogP contribution is -2.64. The van der Waals surface area contributed by atoms with Crippen LogP contribution in [0.5, 0.6) is 5.75 Å². The fraction of sp³-hybridized carbons (Fsp3) is 0.759. The van der Waals surface area contributed by atoms with E-state index in [2.05, 4.69) is 20.8 Å². The van der Waals surface area contributed by atoms with Gasteiger partial charge in [0.25, 0.3) is 0 Å². The summed E-state index contributed by atoms with van der Waals surface area (Å²) in [7, 11) is -2.59. The van der Waals surface area contributed by atoms with Crippen LogP contribution in [0.25, 0.3) is 0 Å². The van der Waals surface area contributed by atoms with Crippen LogP contribution in [0, 0.1) is 39.8 Å². The number of rotatable bonds is 6. The molecule has 8 nitrogen and oxygen atoms in total. The first-order valence-electron chi connectivity index (χ1n) is 14.3. The lowest BCUT2D eigenvalue weighted by Gasteiger charge is -2.63. The van der Waals surface area contributed by atoms with Gasteiger partial charge < -0.3 is 29.4 Å². The highest BCUT2D eigenvalue weighted by atomic mass is 32.2. The van der Waals surface area contributed by atoms with E-state index in [1.165, 1.54) is 6.07 Å². The molecule has 5 rings (SSSR count). The molecule has 1 aromatic carbocycles. The van der Waals surface area contributed by atoms with Crippen molar-refractivity contribution in [3.05, 3.63) is 23.5 Å². The fourth-order valence-corrected chi connectivity index (χ4v) is 10.2. The van der Waals surface area contributed by atoms with Gasteiger partial charge in [-0.3, -0.25) is 4.21 Å². The molecule has 3 fully saturated rings. The van der Waals surface area contributed by atoms with Crippen molar-refractivity contribution >= 4 is 29.4 Å². The summed E-state index contributed by atoms with van der Waals surface area (Å²) < 4.78 is 44.3. The van der Waals surface area contributed by atoms with Gasteiger partial charge in [0, 0.05) is 39.1 Å². The van der Waals surface area contributed by atoms with Gasteiger partial charge in [0.2, 0.25) is 0 Å². The molecule has 0 radical (unpaired) electrons. The number of hydrogen-bond donors (Lipinski definition) is 3. The predicted molar refractivity (Wildman–Crippen MR) is 149 cm³/mol. The van der Waals surface area contributed by atoms with Gasteiger partial charge in [0.15, 0.2) is 18.2 Å². The highest BCUT2D eigenvalue weighted by molar-refractivity contribution is 7.84.